The van der Waals surface area contributed by atoms with Gasteiger partial charge in [-0.3, -0.25) is 4.79 Å². The molecule has 0 aliphatic heterocycles. The van der Waals surface area contributed by atoms with Gasteiger partial charge in [-0.2, -0.15) is 0 Å². The fourth-order valence-corrected chi connectivity index (χ4v) is 3.97. The smallest absolute Gasteiger partial charge is 0.349 e. The Hall–Kier alpha value is -3.65. The van der Waals surface area contributed by atoms with Crippen molar-refractivity contribution in [2.45, 2.75) is 20.5 Å². The standard InChI is InChI=1S/C24H23NO6S/c1-3-29-23(27)20-16(2)21(24(28)31-14-17-10-6-4-7-11-17)32-22(20)25-19(26)15-30-18-12-8-5-9-13-18/h4-13H,3,14-15H2,1-2H3,(H,25,26). The largest absolute Gasteiger partial charge is 0.484 e. The number of rotatable bonds is 9. The molecule has 2 aromatic carbocycles. The maximum atomic E-state index is 12.7. The quantitative estimate of drug-likeness (QED) is 0.476. The van der Waals surface area contributed by atoms with Gasteiger partial charge in [0.2, 0.25) is 0 Å². The summed E-state index contributed by atoms with van der Waals surface area (Å²) in [6.07, 6.45) is 0. The van der Waals surface area contributed by atoms with Crippen molar-refractivity contribution < 1.29 is 28.6 Å². The number of amides is 1. The number of para-hydroxylation sites is 1. The maximum Gasteiger partial charge on any atom is 0.349 e. The number of hydrogen-bond donors (Lipinski definition) is 1. The Morgan fingerprint density at radius 3 is 2.22 bits per heavy atom. The Kier molecular flexibility index (Phi) is 7.99. The van der Waals surface area contributed by atoms with E-state index >= 15 is 0 Å². The number of thiophene rings is 1. The molecule has 8 heteroatoms. The molecule has 166 valence electrons. The van der Waals surface area contributed by atoms with Crippen molar-refractivity contribution in [3.63, 3.8) is 0 Å². The third kappa shape index (κ3) is 5.95. The van der Waals surface area contributed by atoms with E-state index in [1.54, 1.807) is 38.1 Å². The molecule has 3 rings (SSSR count). The highest BCUT2D eigenvalue weighted by Gasteiger charge is 2.27. The number of carbonyl (C=O) groups is 3. The first-order chi connectivity index (χ1) is 15.5. The van der Waals surface area contributed by atoms with E-state index < -0.39 is 17.8 Å². The van der Waals surface area contributed by atoms with Crippen molar-refractivity contribution in [3.8, 4) is 5.75 Å². The van der Waals surface area contributed by atoms with E-state index in [-0.39, 0.29) is 35.3 Å². The van der Waals surface area contributed by atoms with E-state index in [0.717, 1.165) is 16.9 Å². The molecule has 1 amide bonds. The molecule has 0 radical (unpaired) electrons. The van der Waals surface area contributed by atoms with Crippen molar-refractivity contribution in [1.82, 2.24) is 0 Å². The fraction of sp³-hybridized carbons (Fsp3) is 0.208. The van der Waals surface area contributed by atoms with Gasteiger partial charge in [-0.15, -0.1) is 11.3 Å². The first kappa shape index (κ1) is 23.0. The van der Waals surface area contributed by atoms with Crippen LogP contribution in [0.4, 0.5) is 5.00 Å². The second-order valence-corrected chi connectivity index (χ2v) is 7.71. The van der Waals surface area contributed by atoms with Gasteiger partial charge < -0.3 is 19.5 Å². The minimum Gasteiger partial charge on any atom is -0.484 e. The number of benzene rings is 2. The van der Waals surface area contributed by atoms with Crippen molar-refractivity contribution in [1.29, 1.82) is 0 Å². The normalized spacial score (nSPS) is 10.3. The van der Waals surface area contributed by atoms with Gasteiger partial charge in [-0.1, -0.05) is 48.5 Å². The SMILES string of the molecule is CCOC(=O)c1c(NC(=O)COc2ccccc2)sc(C(=O)OCc2ccccc2)c1C. The van der Waals surface area contributed by atoms with Crippen molar-refractivity contribution >= 4 is 34.2 Å². The maximum absolute atomic E-state index is 12.7. The van der Waals surface area contributed by atoms with Gasteiger partial charge in [0.1, 0.15) is 22.2 Å². The van der Waals surface area contributed by atoms with Crippen LogP contribution in [0.2, 0.25) is 0 Å². The van der Waals surface area contributed by atoms with Crippen LogP contribution in [0.5, 0.6) is 5.75 Å². The molecule has 0 saturated heterocycles. The molecule has 1 aromatic heterocycles. The molecular weight excluding hydrogens is 430 g/mol. The van der Waals surface area contributed by atoms with Crippen LogP contribution in [0.3, 0.4) is 0 Å². The third-order valence-corrected chi connectivity index (χ3v) is 5.58. The van der Waals surface area contributed by atoms with Gasteiger partial charge in [0, 0.05) is 0 Å². The number of nitrogens with one attached hydrogen (secondary N) is 1. The van der Waals surface area contributed by atoms with Gasteiger partial charge >= 0.3 is 11.9 Å². The number of anilines is 1. The molecule has 0 bridgehead atoms. The van der Waals surface area contributed by atoms with Crippen LogP contribution in [-0.4, -0.2) is 31.1 Å². The summed E-state index contributed by atoms with van der Waals surface area (Å²) in [6, 6.07) is 18.1. The molecular formula is C24H23NO6S. The van der Waals surface area contributed by atoms with Crippen molar-refractivity contribution in [3.05, 3.63) is 82.2 Å². The zero-order valence-corrected chi connectivity index (χ0v) is 18.6. The molecule has 3 aromatic rings. The van der Waals surface area contributed by atoms with Crippen LogP contribution in [0.25, 0.3) is 0 Å². The topological polar surface area (TPSA) is 90.9 Å². The highest BCUT2D eigenvalue weighted by Crippen LogP contribution is 2.34. The molecule has 0 fully saturated rings. The third-order valence-electron chi connectivity index (χ3n) is 4.39. The van der Waals surface area contributed by atoms with Gasteiger partial charge in [-0.25, -0.2) is 9.59 Å². The van der Waals surface area contributed by atoms with Gasteiger partial charge in [0.05, 0.1) is 12.2 Å². The Morgan fingerprint density at radius 1 is 0.906 bits per heavy atom. The molecule has 1 heterocycles. The molecule has 0 aliphatic rings. The predicted octanol–water partition coefficient (Wildman–Crippen LogP) is 4.61. The van der Waals surface area contributed by atoms with E-state index in [0.29, 0.717) is 11.3 Å². The highest BCUT2D eigenvalue weighted by atomic mass is 32.1. The second-order valence-electron chi connectivity index (χ2n) is 6.69. The van der Waals surface area contributed by atoms with Crippen LogP contribution in [0, 0.1) is 6.92 Å². The second kappa shape index (κ2) is 11.1. The lowest BCUT2D eigenvalue weighted by Crippen LogP contribution is -2.21. The van der Waals surface area contributed by atoms with Crippen LogP contribution in [0.15, 0.2) is 60.7 Å². The van der Waals surface area contributed by atoms with Crippen LogP contribution < -0.4 is 10.1 Å². The zero-order chi connectivity index (χ0) is 22.9. The summed E-state index contributed by atoms with van der Waals surface area (Å²) in [5.41, 5.74) is 1.37. The summed E-state index contributed by atoms with van der Waals surface area (Å²) in [5, 5.41) is 2.87. The lowest BCUT2D eigenvalue weighted by Gasteiger charge is -2.08. The van der Waals surface area contributed by atoms with E-state index in [1.807, 2.05) is 36.4 Å². The number of esters is 2. The van der Waals surface area contributed by atoms with Crippen LogP contribution >= 0.6 is 11.3 Å². The summed E-state index contributed by atoms with van der Waals surface area (Å²) < 4.78 is 16.0. The molecule has 32 heavy (non-hydrogen) atoms. The predicted molar refractivity (Wildman–Crippen MR) is 121 cm³/mol. The van der Waals surface area contributed by atoms with E-state index in [9.17, 15) is 14.4 Å². The van der Waals surface area contributed by atoms with Gasteiger partial charge in [-0.05, 0) is 37.1 Å². The first-order valence-electron chi connectivity index (χ1n) is 9.98. The minimum absolute atomic E-state index is 0.0956. The Labute approximate surface area is 189 Å². The molecule has 0 unspecified atom stereocenters. The summed E-state index contributed by atoms with van der Waals surface area (Å²) in [4.78, 5) is 37.8. The summed E-state index contributed by atoms with van der Waals surface area (Å²) in [6.45, 7) is 3.31. The number of ether oxygens (including phenoxy) is 3. The lowest BCUT2D eigenvalue weighted by atomic mass is 10.1. The summed E-state index contributed by atoms with van der Waals surface area (Å²) in [5.74, 6) is -1.13. The van der Waals surface area contributed by atoms with Gasteiger partial charge in [0.15, 0.2) is 6.61 Å². The van der Waals surface area contributed by atoms with E-state index in [4.69, 9.17) is 14.2 Å². The minimum atomic E-state index is -0.623. The molecule has 0 spiro atoms. The molecule has 7 nitrogen and oxygen atoms in total. The van der Waals surface area contributed by atoms with E-state index in [1.165, 1.54) is 0 Å². The molecule has 1 N–H and O–H groups in total. The lowest BCUT2D eigenvalue weighted by molar-refractivity contribution is -0.118. The monoisotopic (exact) mass is 453 g/mol. The van der Waals surface area contributed by atoms with E-state index in [2.05, 4.69) is 5.32 Å². The Bertz CT molecular complexity index is 1080. The Balaban J connectivity index is 1.75. The highest BCUT2D eigenvalue weighted by molar-refractivity contribution is 7.18. The van der Waals surface area contributed by atoms with Gasteiger partial charge in [0.25, 0.3) is 5.91 Å². The summed E-state index contributed by atoms with van der Waals surface area (Å²) >= 11 is 0.971. The molecule has 0 saturated carbocycles. The first-order valence-corrected chi connectivity index (χ1v) is 10.8. The molecule has 0 aliphatic carbocycles. The number of hydrogen-bond acceptors (Lipinski definition) is 7. The van der Waals surface area contributed by atoms with Crippen molar-refractivity contribution in [2.24, 2.45) is 0 Å². The fourth-order valence-electron chi connectivity index (χ4n) is 2.86. The van der Waals surface area contributed by atoms with Crippen LogP contribution in [-0.2, 0) is 20.9 Å². The summed E-state index contributed by atoms with van der Waals surface area (Å²) in [7, 11) is 0. The van der Waals surface area contributed by atoms with Crippen molar-refractivity contribution in [2.75, 3.05) is 18.5 Å². The number of carbonyl (C=O) groups excluding carboxylic acids is 3. The molecule has 0 atom stereocenters. The average Bonchev–Trinajstić information content (AvgIpc) is 3.13. The van der Waals surface area contributed by atoms with Crippen LogP contribution in [0.1, 0.15) is 38.1 Å². The zero-order valence-electron chi connectivity index (χ0n) is 17.8. The average molecular weight is 454 g/mol. The Morgan fingerprint density at radius 2 is 1.56 bits per heavy atom.